The molecule has 0 aliphatic carbocycles. The zero-order valence-corrected chi connectivity index (χ0v) is 13.6. The summed E-state index contributed by atoms with van der Waals surface area (Å²) in [6.45, 7) is 21.0. The van der Waals surface area contributed by atoms with Crippen LogP contribution in [0.3, 0.4) is 0 Å². The summed E-state index contributed by atoms with van der Waals surface area (Å²) in [7, 11) is -1.30. The van der Waals surface area contributed by atoms with Crippen molar-refractivity contribution < 1.29 is 0 Å². The molecule has 0 aromatic rings. The average molecular weight is 244 g/mol. The van der Waals surface area contributed by atoms with Crippen molar-refractivity contribution in [2.24, 2.45) is 11.8 Å². The van der Waals surface area contributed by atoms with E-state index in [9.17, 15) is 0 Å². The molecule has 0 heterocycles. The van der Waals surface area contributed by atoms with Gasteiger partial charge in [-0.2, -0.15) is 0 Å². The third kappa shape index (κ3) is 3.88. The van der Waals surface area contributed by atoms with Gasteiger partial charge in [-0.15, -0.1) is 0 Å². The van der Waals surface area contributed by atoms with Crippen LogP contribution in [0.2, 0.25) is 0 Å². The van der Waals surface area contributed by atoms with Gasteiger partial charge in [0.15, 0.2) is 0 Å². The first-order valence-corrected chi connectivity index (χ1v) is 9.62. The molecule has 98 valence electrons. The molecule has 0 bridgehead atoms. The summed E-state index contributed by atoms with van der Waals surface area (Å²) >= 11 is 0. The molecule has 0 N–H and O–H groups in total. The molecule has 0 aromatic carbocycles. The first kappa shape index (κ1) is 16.2. The van der Waals surface area contributed by atoms with E-state index in [4.69, 9.17) is 0 Å². The second-order valence-electron chi connectivity index (χ2n) is 6.68. The molecule has 0 fully saturated rings. The van der Waals surface area contributed by atoms with Crippen molar-refractivity contribution in [1.29, 1.82) is 0 Å². The van der Waals surface area contributed by atoms with Crippen LogP contribution in [0, 0.1) is 11.8 Å². The van der Waals surface area contributed by atoms with Crippen molar-refractivity contribution in [2.45, 2.75) is 59.5 Å². The van der Waals surface area contributed by atoms with E-state index in [0.717, 1.165) is 11.8 Å². The molecule has 0 aliphatic rings. The summed E-state index contributed by atoms with van der Waals surface area (Å²) in [4.78, 5) is 0. The van der Waals surface area contributed by atoms with Crippen molar-refractivity contribution >= 4 is 7.26 Å². The second kappa shape index (κ2) is 6.20. The van der Waals surface area contributed by atoms with Crippen LogP contribution in [-0.2, 0) is 0 Å². The van der Waals surface area contributed by atoms with Crippen LogP contribution in [0.25, 0.3) is 0 Å². The van der Waals surface area contributed by atoms with E-state index >= 15 is 0 Å². The Labute approximate surface area is 104 Å². The van der Waals surface area contributed by atoms with Gasteiger partial charge in [-0.3, -0.25) is 0 Å². The van der Waals surface area contributed by atoms with E-state index < -0.39 is 7.26 Å². The zero-order valence-electron chi connectivity index (χ0n) is 12.6. The predicted octanol–water partition coefficient (Wildman–Crippen LogP) is 5.38. The van der Waals surface area contributed by atoms with Crippen molar-refractivity contribution in [2.75, 3.05) is 12.8 Å². The SMILES string of the molecule is C=C[PH](C)(CCC)C(C)(C)CC(C)C(C)C. The molecule has 0 aromatic heterocycles. The summed E-state index contributed by atoms with van der Waals surface area (Å²) in [5.41, 5.74) is 0. The minimum atomic E-state index is -1.30. The van der Waals surface area contributed by atoms with E-state index in [-0.39, 0.29) is 0 Å². The van der Waals surface area contributed by atoms with Crippen molar-refractivity contribution in [3.05, 3.63) is 12.4 Å². The van der Waals surface area contributed by atoms with Gasteiger partial charge in [0.1, 0.15) is 0 Å². The summed E-state index contributed by atoms with van der Waals surface area (Å²) in [6.07, 6.45) is 4.03. The molecule has 0 nitrogen and oxygen atoms in total. The van der Waals surface area contributed by atoms with Crippen LogP contribution in [0.15, 0.2) is 12.4 Å². The van der Waals surface area contributed by atoms with Crippen molar-refractivity contribution in [1.82, 2.24) is 0 Å². The fraction of sp³-hybridized carbons (Fsp3) is 0.867. The van der Waals surface area contributed by atoms with Gasteiger partial charge in [-0.25, -0.2) is 0 Å². The Kier molecular flexibility index (Phi) is 6.26. The molecule has 0 radical (unpaired) electrons. The molecular weight excluding hydrogens is 211 g/mol. The van der Waals surface area contributed by atoms with E-state index in [2.05, 4.69) is 60.6 Å². The Hall–Kier alpha value is 0.170. The molecule has 0 saturated carbocycles. The molecule has 0 amide bonds. The summed E-state index contributed by atoms with van der Waals surface area (Å²) in [5, 5.41) is 0.481. The molecule has 0 spiro atoms. The number of hydrogen-bond acceptors (Lipinski definition) is 0. The molecule has 1 atom stereocenters. The van der Waals surface area contributed by atoms with Crippen LogP contribution >= 0.6 is 7.26 Å². The zero-order chi connectivity index (χ0) is 13.0. The monoisotopic (exact) mass is 244 g/mol. The third-order valence-electron chi connectivity index (χ3n) is 4.74. The Balaban J connectivity index is 4.79. The summed E-state index contributed by atoms with van der Waals surface area (Å²) in [5.74, 6) is 3.94. The second-order valence-corrected chi connectivity index (χ2v) is 11.8. The Morgan fingerprint density at radius 2 is 1.75 bits per heavy atom. The first-order chi connectivity index (χ1) is 7.20. The van der Waals surface area contributed by atoms with Gasteiger partial charge in [-0.05, 0) is 0 Å². The molecule has 0 aliphatic heterocycles. The number of rotatable bonds is 7. The third-order valence-corrected chi connectivity index (χ3v) is 10.5. The van der Waals surface area contributed by atoms with E-state index in [1.54, 1.807) is 0 Å². The quantitative estimate of drug-likeness (QED) is 0.527. The summed E-state index contributed by atoms with van der Waals surface area (Å²) in [6, 6.07) is 0. The normalized spacial score (nSPS) is 16.2. The average Bonchev–Trinajstić information content (AvgIpc) is 2.16. The van der Waals surface area contributed by atoms with Crippen LogP contribution < -0.4 is 0 Å². The van der Waals surface area contributed by atoms with E-state index in [1.807, 2.05) is 0 Å². The van der Waals surface area contributed by atoms with Crippen LogP contribution in [0.5, 0.6) is 0 Å². The van der Waals surface area contributed by atoms with Crippen LogP contribution in [-0.4, -0.2) is 18.0 Å². The Morgan fingerprint density at radius 3 is 2.06 bits per heavy atom. The molecular formula is C15H33P. The van der Waals surface area contributed by atoms with E-state index in [0.29, 0.717) is 5.16 Å². The molecule has 16 heavy (non-hydrogen) atoms. The minimum absolute atomic E-state index is 0.481. The van der Waals surface area contributed by atoms with Gasteiger partial charge in [0.25, 0.3) is 0 Å². The van der Waals surface area contributed by atoms with Gasteiger partial charge in [0.2, 0.25) is 0 Å². The topological polar surface area (TPSA) is 0 Å². The van der Waals surface area contributed by atoms with Gasteiger partial charge in [0, 0.05) is 0 Å². The van der Waals surface area contributed by atoms with Crippen LogP contribution in [0.1, 0.15) is 54.4 Å². The van der Waals surface area contributed by atoms with Crippen molar-refractivity contribution in [3.8, 4) is 0 Å². The summed E-state index contributed by atoms with van der Waals surface area (Å²) < 4.78 is 0. The standard InChI is InChI=1S/C15H33P/c1-9-11-16(8,10-2)15(6,7)12-14(5)13(3)4/h10,13-14,16H,2,9,11-12H2,1,3-8H3. The van der Waals surface area contributed by atoms with Gasteiger partial charge in [0.05, 0.1) is 0 Å². The fourth-order valence-corrected chi connectivity index (χ4v) is 5.77. The molecule has 0 rings (SSSR count). The van der Waals surface area contributed by atoms with Crippen molar-refractivity contribution in [3.63, 3.8) is 0 Å². The van der Waals surface area contributed by atoms with E-state index in [1.165, 1.54) is 19.0 Å². The Bertz CT molecular complexity index is 217. The number of hydrogen-bond donors (Lipinski definition) is 0. The maximum absolute atomic E-state index is 4.13. The molecule has 1 heteroatoms. The fourth-order valence-electron chi connectivity index (χ4n) is 2.51. The van der Waals surface area contributed by atoms with Gasteiger partial charge in [-0.1, -0.05) is 0 Å². The van der Waals surface area contributed by atoms with Gasteiger partial charge >= 0.3 is 104 Å². The predicted molar refractivity (Wildman–Crippen MR) is 82.3 cm³/mol. The molecule has 1 unspecified atom stereocenters. The van der Waals surface area contributed by atoms with Crippen LogP contribution in [0.4, 0.5) is 0 Å². The Morgan fingerprint density at radius 1 is 1.25 bits per heavy atom. The van der Waals surface area contributed by atoms with Gasteiger partial charge < -0.3 is 0 Å². The maximum atomic E-state index is 4.13. The first-order valence-electron chi connectivity index (χ1n) is 6.83. The molecule has 0 saturated heterocycles.